The molecule has 7 heteroatoms. The number of carbonyl (C=O) groups excluding carboxylic acids is 1. The van der Waals surface area contributed by atoms with Gasteiger partial charge in [-0.2, -0.15) is 0 Å². The van der Waals surface area contributed by atoms with Crippen LogP contribution in [-0.4, -0.2) is 43.0 Å². The number of nitrogens with zero attached hydrogens (tertiary/aromatic N) is 3. The van der Waals surface area contributed by atoms with Gasteiger partial charge in [-0.05, 0) is 79.2 Å². The van der Waals surface area contributed by atoms with Gasteiger partial charge in [0.15, 0.2) is 5.13 Å². The lowest BCUT2D eigenvalue weighted by Gasteiger charge is -2.21. The van der Waals surface area contributed by atoms with Gasteiger partial charge in [0, 0.05) is 11.0 Å². The quantitative estimate of drug-likeness (QED) is 0.437. The molecule has 4 nitrogen and oxygen atoms in total. The van der Waals surface area contributed by atoms with Crippen LogP contribution in [0.1, 0.15) is 29.3 Å². The molecular weight excluding hydrogens is 458 g/mol. The zero-order valence-corrected chi connectivity index (χ0v) is 19.5. The van der Waals surface area contributed by atoms with Gasteiger partial charge in [0.25, 0.3) is 5.91 Å². The minimum Gasteiger partial charge on any atom is -0.309 e. The lowest BCUT2D eigenvalue weighted by molar-refractivity contribution is 0.0985. The predicted octanol–water partition coefficient (Wildman–Crippen LogP) is 5.64. The number of amides is 1. The van der Waals surface area contributed by atoms with Gasteiger partial charge in [0.1, 0.15) is 0 Å². The summed E-state index contributed by atoms with van der Waals surface area (Å²) in [5.41, 5.74) is 2.90. The Kier molecular flexibility index (Phi) is 8.43. The van der Waals surface area contributed by atoms with Crippen LogP contribution in [0.25, 0.3) is 10.2 Å². The van der Waals surface area contributed by atoms with Crippen LogP contribution in [0.15, 0.2) is 46.9 Å². The Labute approximate surface area is 185 Å². The van der Waals surface area contributed by atoms with Crippen molar-refractivity contribution in [3.05, 3.63) is 58.1 Å². The minimum absolute atomic E-state index is 0. The maximum absolute atomic E-state index is 13.3. The molecule has 0 saturated carbocycles. The summed E-state index contributed by atoms with van der Waals surface area (Å²) >= 11 is 5.10. The highest BCUT2D eigenvalue weighted by molar-refractivity contribution is 9.10. The van der Waals surface area contributed by atoms with E-state index in [-0.39, 0.29) is 18.3 Å². The molecule has 1 amide bonds. The van der Waals surface area contributed by atoms with E-state index in [4.69, 9.17) is 4.98 Å². The molecule has 2 aromatic carbocycles. The molecule has 1 heterocycles. The van der Waals surface area contributed by atoms with Crippen LogP contribution >= 0.6 is 39.7 Å². The first-order valence-electron chi connectivity index (χ1n) is 9.10. The van der Waals surface area contributed by atoms with Crippen molar-refractivity contribution in [1.29, 1.82) is 0 Å². The van der Waals surface area contributed by atoms with Gasteiger partial charge in [-0.25, -0.2) is 4.98 Å². The van der Waals surface area contributed by atoms with Crippen molar-refractivity contribution < 1.29 is 4.79 Å². The van der Waals surface area contributed by atoms with E-state index in [0.717, 1.165) is 39.2 Å². The SMILES string of the molecule is CCc1ccc2nc(N(CCCN(C)C)C(=O)c3ccccc3Br)sc2c1.Cl. The number of aromatic nitrogens is 1. The molecule has 3 aromatic rings. The van der Waals surface area contributed by atoms with Crippen molar-refractivity contribution in [2.24, 2.45) is 0 Å². The van der Waals surface area contributed by atoms with Crippen LogP contribution < -0.4 is 4.90 Å². The van der Waals surface area contributed by atoms with E-state index in [9.17, 15) is 4.79 Å². The van der Waals surface area contributed by atoms with Crippen molar-refractivity contribution >= 4 is 60.9 Å². The van der Waals surface area contributed by atoms with Gasteiger partial charge in [-0.15, -0.1) is 12.4 Å². The highest BCUT2D eigenvalue weighted by atomic mass is 79.9. The molecule has 0 aliphatic rings. The monoisotopic (exact) mass is 481 g/mol. The summed E-state index contributed by atoms with van der Waals surface area (Å²) in [4.78, 5) is 22.0. The van der Waals surface area contributed by atoms with Crippen LogP contribution in [0.5, 0.6) is 0 Å². The van der Waals surface area contributed by atoms with Gasteiger partial charge in [0.05, 0.1) is 15.8 Å². The first-order valence-corrected chi connectivity index (χ1v) is 10.7. The molecule has 150 valence electrons. The molecule has 0 radical (unpaired) electrons. The summed E-state index contributed by atoms with van der Waals surface area (Å²) in [6.45, 7) is 3.70. The minimum atomic E-state index is -0.0176. The molecule has 0 unspecified atom stereocenters. The fraction of sp³-hybridized carbons (Fsp3) is 0.333. The average molecular weight is 483 g/mol. The van der Waals surface area contributed by atoms with Crippen LogP contribution in [0.3, 0.4) is 0 Å². The molecule has 0 spiro atoms. The van der Waals surface area contributed by atoms with E-state index in [0.29, 0.717) is 12.1 Å². The summed E-state index contributed by atoms with van der Waals surface area (Å²) in [6, 6.07) is 13.9. The number of halogens is 2. The largest absolute Gasteiger partial charge is 0.309 e. The Hall–Kier alpha value is -1.47. The van der Waals surface area contributed by atoms with Crippen LogP contribution in [0, 0.1) is 0 Å². The van der Waals surface area contributed by atoms with Gasteiger partial charge in [0.2, 0.25) is 0 Å². The molecular formula is C21H25BrClN3OS. The Morgan fingerprint density at radius 3 is 2.57 bits per heavy atom. The number of carbonyl (C=O) groups is 1. The lowest BCUT2D eigenvalue weighted by atomic mass is 10.2. The maximum atomic E-state index is 13.3. The fourth-order valence-corrected chi connectivity index (χ4v) is 4.41. The van der Waals surface area contributed by atoms with Crippen molar-refractivity contribution in [2.75, 3.05) is 32.1 Å². The number of benzene rings is 2. The third-order valence-electron chi connectivity index (χ3n) is 4.42. The second-order valence-electron chi connectivity index (χ2n) is 6.75. The van der Waals surface area contributed by atoms with E-state index in [2.05, 4.69) is 46.0 Å². The summed E-state index contributed by atoms with van der Waals surface area (Å²) in [6.07, 6.45) is 1.88. The normalized spacial score (nSPS) is 10.9. The standard InChI is InChI=1S/C21H24BrN3OS.ClH/c1-4-15-10-11-18-19(14-15)27-21(23-18)25(13-7-12-24(2)3)20(26)16-8-5-6-9-17(16)22;/h5-6,8-11,14H,4,7,12-13H2,1-3H3;1H. The van der Waals surface area contributed by atoms with E-state index in [1.807, 2.05) is 43.3 Å². The third-order valence-corrected chi connectivity index (χ3v) is 6.15. The number of rotatable bonds is 7. The maximum Gasteiger partial charge on any atom is 0.261 e. The van der Waals surface area contributed by atoms with E-state index >= 15 is 0 Å². The zero-order chi connectivity index (χ0) is 19.4. The van der Waals surface area contributed by atoms with E-state index in [1.54, 1.807) is 11.3 Å². The van der Waals surface area contributed by atoms with E-state index < -0.39 is 0 Å². The van der Waals surface area contributed by atoms with Crippen molar-refractivity contribution in [2.45, 2.75) is 19.8 Å². The van der Waals surface area contributed by atoms with Crippen molar-refractivity contribution in [3.8, 4) is 0 Å². The molecule has 0 fully saturated rings. The fourth-order valence-electron chi connectivity index (χ4n) is 2.90. The molecule has 0 saturated heterocycles. The summed E-state index contributed by atoms with van der Waals surface area (Å²) in [5.74, 6) is -0.0176. The summed E-state index contributed by atoms with van der Waals surface area (Å²) < 4.78 is 1.93. The summed E-state index contributed by atoms with van der Waals surface area (Å²) in [5, 5.41) is 0.762. The zero-order valence-electron chi connectivity index (χ0n) is 16.3. The van der Waals surface area contributed by atoms with Crippen molar-refractivity contribution in [1.82, 2.24) is 9.88 Å². The number of aryl methyl sites for hydroxylation is 1. The van der Waals surface area contributed by atoms with Gasteiger partial charge >= 0.3 is 0 Å². The molecule has 0 bridgehead atoms. The molecule has 0 aliphatic heterocycles. The topological polar surface area (TPSA) is 36.4 Å². The number of anilines is 1. The molecule has 0 aliphatic carbocycles. The molecule has 0 atom stereocenters. The number of thiazole rings is 1. The molecule has 3 rings (SSSR count). The van der Waals surface area contributed by atoms with Crippen molar-refractivity contribution in [3.63, 3.8) is 0 Å². The Balaban J connectivity index is 0.00000280. The number of hydrogen-bond donors (Lipinski definition) is 0. The molecule has 28 heavy (non-hydrogen) atoms. The second kappa shape index (κ2) is 10.3. The van der Waals surface area contributed by atoms with E-state index in [1.165, 1.54) is 5.56 Å². The molecule has 1 aromatic heterocycles. The lowest BCUT2D eigenvalue weighted by Crippen LogP contribution is -2.33. The Morgan fingerprint density at radius 1 is 1.14 bits per heavy atom. The smallest absolute Gasteiger partial charge is 0.261 e. The van der Waals surface area contributed by atoms with Crippen LogP contribution in [0.4, 0.5) is 5.13 Å². The van der Waals surface area contributed by atoms with Gasteiger partial charge < -0.3 is 4.90 Å². The molecule has 0 N–H and O–H groups in total. The number of hydrogen-bond acceptors (Lipinski definition) is 4. The highest BCUT2D eigenvalue weighted by Crippen LogP contribution is 2.31. The van der Waals surface area contributed by atoms with Gasteiger partial charge in [-0.3, -0.25) is 9.69 Å². The first kappa shape index (κ1) is 22.8. The average Bonchev–Trinajstić information content (AvgIpc) is 3.07. The number of fused-ring (bicyclic) bond motifs is 1. The second-order valence-corrected chi connectivity index (χ2v) is 8.61. The highest BCUT2D eigenvalue weighted by Gasteiger charge is 2.22. The third kappa shape index (κ3) is 5.32. The Bertz CT molecular complexity index is 944. The van der Waals surface area contributed by atoms with Crippen LogP contribution in [0.2, 0.25) is 0 Å². The van der Waals surface area contributed by atoms with Crippen LogP contribution in [-0.2, 0) is 6.42 Å². The predicted molar refractivity (Wildman–Crippen MR) is 125 cm³/mol. The Morgan fingerprint density at radius 2 is 1.89 bits per heavy atom. The summed E-state index contributed by atoms with van der Waals surface area (Å²) in [7, 11) is 4.09. The van der Waals surface area contributed by atoms with Gasteiger partial charge in [-0.1, -0.05) is 36.5 Å². The first-order chi connectivity index (χ1) is 13.0.